The molecule has 0 bridgehead atoms. The van der Waals surface area contributed by atoms with E-state index in [0.29, 0.717) is 138 Å². The topological polar surface area (TPSA) is 136 Å². The molecule has 2 aliphatic heterocycles. The van der Waals surface area contributed by atoms with E-state index < -0.39 is 4.92 Å². The Hall–Kier alpha value is -2.17. The molecule has 14 nitrogen and oxygen atoms in total. The van der Waals surface area contributed by atoms with Gasteiger partial charge >= 0.3 is 5.69 Å². The number of anilines is 2. The first-order chi connectivity index (χ1) is 19.3. The lowest BCUT2D eigenvalue weighted by Gasteiger charge is -2.27. The second kappa shape index (κ2) is 19.8. The van der Waals surface area contributed by atoms with Gasteiger partial charge in [-0.05, 0) is 6.07 Å². The Bertz CT molecular complexity index is 774. The number of ether oxygens (including phenoxy) is 8. The van der Waals surface area contributed by atoms with Crippen molar-refractivity contribution in [1.82, 2.24) is 4.98 Å². The number of rotatable bonds is 3. The summed E-state index contributed by atoms with van der Waals surface area (Å²) in [7, 11) is 0. The second-order valence-corrected chi connectivity index (χ2v) is 8.64. The van der Waals surface area contributed by atoms with Crippen molar-refractivity contribution in [1.29, 1.82) is 0 Å². The van der Waals surface area contributed by atoms with Gasteiger partial charge in [-0.25, -0.2) is 4.98 Å². The molecule has 0 N–H and O–H groups in total. The molecule has 0 aromatic carbocycles. The van der Waals surface area contributed by atoms with Gasteiger partial charge in [0.15, 0.2) is 0 Å². The van der Waals surface area contributed by atoms with Crippen molar-refractivity contribution in [3.63, 3.8) is 0 Å². The zero-order valence-corrected chi connectivity index (χ0v) is 22.7. The highest BCUT2D eigenvalue weighted by molar-refractivity contribution is 5.62. The van der Waals surface area contributed by atoms with E-state index in [2.05, 4.69) is 0 Å². The minimum absolute atomic E-state index is 0.0801. The molecule has 0 spiro atoms. The van der Waals surface area contributed by atoms with Crippen LogP contribution in [0, 0.1) is 10.1 Å². The summed E-state index contributed by atoms with van der Waals surface area (Å²) in [6.07, 6.45) is 0. The fourth-order valence-corrected chi connectivity index (χ4v) is 3.87. The van der Waals surface area contributed by atoms with Crippen LogP contribution in [-0.2, 0) is 37.9 Å². The highest BCUT2D eigenvalue weighted by atomic mass is 16.6. The molecule has 0 unspecified atom stereocenters. The quantitative estimate of drug-likeness (QED) is 0.382. The van der Waals surface area contributed by atoms with Gasteiger partial charge in [-0.15, -0.1) is 0 Å². The van der Waals surface area contributed by atoms with Gasteiger partial charge in [0, 0.05) is 32.2 Å². The SMILES string of the molecule is O=[N+]([O-])c1ccc(N2CCOCCOCCOCCOCC2)nc1N1CCOCCOCCOCCOCC1. The summed E-state index contributed by atoms with van der Waals surface area (Å²) >= 11 is 0. The summed E-state index contributed by atoms with van der Waals surface area (Å²) in [4.78, 5) is 20.1. The Balaban J connectivity index is 1.74. The molecule has 2 aliphatic rings. The molecule has 222 valence electrons. The highest BCUT2D eigenvalue weighted by Crippen LogP contribution is 2.29. The second-order valence-electron chi connectivity index (χ2n) is 8.64. The summed E-state index contributed by atoms with van der Waals surface area (Å²) in [5.74, 6) is 0.861. The molecule has 39 heavy (non-hydrogen) atoms. The lowest BCUT2D eigenvalue weighted by molar-refractivity contribution is -0.384. The Morgan fingerprint density at radius 2 is 0.872 bits per heavy atom. The first-order valence-corrected chi connectivity index (χ1v) is 13.5. The van der Waals surface area contributed by atoms with Crippen molar-refractivity contribution < 1.29 is 42.8 Å². The number of nitrogens with zero attached hydrogens (tertiary/aromatic N) is 4. The van der Waals surface area contributed by atoms with Crippen molar-refractivity contribution in [2.75, 3.05) is 142 Å². The van der Waals surface area contributed by atoms with Gasteiger partial charge in [-0.3, -0.25) is 10.1 Å². The minimum Gasteiger partial charge on any atom is -0.377 e. The van der Waals surface area contributed by atoms with Gasteiger partial charge in [0.1, 0.15) is 5.82 Å². The van der Waals surface area contributed by atoms with E-state index in [9.17, 15) is 10.1 Å². The monoisotopic (exact) mass is 558 g/mol. The van der Waals surface area contributed by atoms with Crippen molar-refractivity contribution >= 4 is 17.3 Å². The zero-order chi connectivity index (χ0) is 27.4. The van der Waals surface area contributed by atoms with E-state index >= 15 is 0 Å². The summed E-state index contributed by atoms with van der Waals surface area (Å²) in [6, 6.07) is 3.16. The van der Waals surface area contributed by atoms with Crippen molar-refractivity contribution in [2.45, 2.75) is 0 Å². The van der Waals surface area contributed by atoms with Crippen LogP contribution in [0.1, 0.15) is 0 Å². The predicted octanol–water partition coefficient (Wildman–Crippen LogP) is 0.763. The average molecular weight is 559 g/mol. The lowest BCUT2D eigenvalue weighted by atomic mass is 10.3. The number of nitro groups is 1. The summed E-state index contributed by atoms with van der Waals surface area (Å²) < 4.78 is 44.8. The largest absolute Gasteiger partial charge is 0.377 e. The molecule has 0 aliphatic carbocycles. The third-order valence-corrected chi connectivity index (χ3v) is 5.91. The number of hydrogen-bond donors (Lipinski definition) is 0. The molecule has 1 aromatic heterocycles. The van der Waals surface area contributed by atoms with Gasteiger partial charge in [0.25, 0.3) is 0 Å². The predicted molar refractivity (Wildman–Crippen MR) is 142 cm³/mol. The van der Waals surface area contributed by atoms with E-state index in [-0.39, 0.29) is 11.5 Å². The first-order valence-electron chi connectivity index (χ1n) is 13.5. The fraction of sp³-hybridized carbons (Fsp3) is 0.800. The summed E-state index contributed by atoms with van der Waals surface area (Å²) in [6.45, 7) is 9.15. The van der Waals surface area contributed by atoms with E-state index in [1.165, 1.54) is 6.07 Å². The van der Waals surface area contributed by atoms with Gasteiger partial charge in [0.2, 0.25) is 5.82 Å². The molecule has 0 atom stereocenters. The molecular weight excluding hydrogens is 516 g/mol. The van der Waals surface area contributed by atoms with Crippen LogP contribution in [0.15, 0.2) is 12.1 Å². The summed E-state index contributed by atoms with van der Waals surface area (Å²) in [5.41, 5.74) is -0.0801. The molecular formula is C25H42N4O10. The van der Waals surface area contributed by atoms with E-state index in [1.807, 2.05) is 9.80 Å². The molecule has 0 saturated carbocycles. The Kier molecular flexibility index (Phi) is 15.9. The first kappa shape index (κ1) is 31.4. The van der Waals surface area contributed by atoms with E-state index in [1.54, 1.807) is 6.07 Å². The van der Waals surface area contributed by atoms with Gasteiger partial charge < -0.3 is 47.7 Å². The van der Waals surface area contributed by atoms with Crippen molar-refractivity contribution in [3.05, 3.63) is 22.2 Å². The maximum atomic E-state index is 12.0. The standard InChI is InChI=1S/C25H42N4O10/c30-29(31)23-1-2-24(27-3-7-32-11-15-36-19-20-37-16-12-33-8-4-27)26-25(23)28-5-9-34-13-17-38-21-22-39-18-14-35-10-6-28/h1-2H,3-22H2. The smallest absolute Gasteiger partial charge is 0.311 e. The number of pyridine rings is 1. The van der Waals surface area contributed by atoms with E-state index in [4.69, 9.17) is 42.9 Å². The van der Waals surface area contributed by atoms with Crippen LogP contribution in [0.5, 0.6) is 0 Å². The summed E-state index contributed by atoms with van der Waals surface area (Å²) in [5, 5.41) is 12.0. The van der Waals surface area contributed by atoms with Crippen LogP contribution >= 0.6 is 0 Å². The Morgan fingerprint density at radius 3 is 1.23 bits per heavy atom. The van der Waals surface area contributed by atoms with Crippen LogP contribution in [0.25, 0.3) is 0 Å². The third kappa shape index (κ3) is 12.7. The Morgan fingerprint density at radius 1 is 0.538 bits per heavy atom. The molecule has 3 heterocycles. The maximum Gasteiger partial charge on any atom is 0.311 e. The molecule has 0 amide bonds. The van der Waals surface area contributed by atoms with Gasteiger partial charge in [-0.1, -0.05) is 0 Å². The highest BCUT2D eigenvalue weighted by Gasteiger charge is 2.24. The van der Waals surface area contributed by atoms with Crippen molar-refractivity contribution in [2.24, 2.45) is 0 Å². The Labute approximate surface area is 229 Å². The maximum absolute atomic E-state index is 12.0. The molecule has 0 radical (unpaired) electrons. The molecule has 2 fully saturated rings. The van der Waals surface area contributed by atoms with Crippen LogP contribution in [-0.4, -0.2) is 142 Å². The lowest BCUT2D eigenvalue weighted by Crippen LogP contribution is -2.35. The van der Waals surface area contributed by atoms with Gasteiger partial charge in [-0.2, -0.15) is 0 Å². The zero-order valence-electron chi connectivity index (χ0n) is 22.7. The van der Waals surface area contributed by atoms with Crippen LogP contribution < -0.4 is 9.80 Å². The minimum atomic E-state index is -0.414. The molecule has 2 saturated heterocycles. The van der Waals surface area contributed by atoms with Crippen LogP contribution in [0.2, 0.25) is 0 Å². The van der Waals surface area contributed by atoms with Crippen LogP contribution in [0.3, 0.4) is 0 Å². The van der Waals surface area contributed by atoms with E-state index in [0.717, 1.165) is 0 Å². The van der Waals surface area contributed by atoms with Crippen LogP contribution in [0.4, 0.5) is 17.3 Å². The number of aromatic nitrogens is 1. The third-order valence-electron chi connectivity index (χ3n) is 5.91. The fourth-order valence-electron chi connectivity index (χ4n) is 3.87. The van der Waals surface area contributed by atoms with Crippen molar-refractivity contribution in [3.8, 4) is 0 Å². The average Bonchev–Trinajstić information content (AvgIpc) is 2.96. The molecule has 3 rings (SSSR count). The molecule has 14 heteroatoms. The number of hydrogen-bond acceptors (Lipinski definition) is 13. The van der Waals surface area contributed by atoms with Gasteiger partial charge in [0.05, 0.1) is 111 Å². The molecule has 1 aromatic rings. The normalized spacial score (nSPS) is 21.6.